The third-order valence-electron chi connectivity index (χ3n) is 4.12. The Balaban J connectivity index is 1.89. The van der Waals surface area contributed by atoms with E-state index < -0.39 is 0 Å². The van der Waals surface area contributed by atoms with Gasteiger partial charge in [0.1, 0.15) is 5.75 Å². The second kappa shape index (κ2) is 6.58. The van der Waals surface area contributed by atoms with Gasteiger partial charge in [-0.2, -0.15) is 5.10 Å². The Morgan fingerprint density at radius 1 is 1.12 bits per heavy atom. The highest BCUT2D eigenvalue weighted by Crippen LogP contribution is 2.25. The fraction of sp³-hybridized carbons (Fsp3) is 0.158. The lowest BCUT2D eigenvalue weighted by Crippen LogP contribution is -2.13. The number of hydrogen-bond donors (Lipinski definition) is 2. The normalized spacial score (nSPS) is 10.5. The summed E-state index contributed by atoms with van der Waals surface area (Å²) >= 11 is 0. The molecule has 3 aromatic rings. The van der Waals surface area contributed by atoms with Crippen molar-refractivity contribution >= 4 is 11.6 Å². The van der Waals surface area contributed by atoms with Crippen LogP contribution in [0, 0.1) is 13.8 Å². The fourth-order valence-electron chi connectivity index (χ4n) is 2.51. The molecule has 5 nitrogen and oxygen atoms in total. The van der Waals surface area contributed by atoms with Gasteiger partial charge in [0.05, 0.1) is 24.6 Å². The lowest BCUT2D eigenvalue weighted by molar-refractivity contribution is 0.102. The zero-order valence-electron chi connectivity index (χ0n) is 13.9. The molecule has 0 saturated carbocycles. The van der Waals surface area contributed by atoms with Gasteiger partial charge in [-0.05, 0) is 55.3 Å². The van der Waals surface area contributed by atoms with E-state index in [9.17, 15) is 4.79 Å². The maximum absolute atomic E-state index is 12.7. The quantitative estimate of drug-likeness (QED) is 0.764. The number of carbonyl (C=O) groups is 1. The van der Waals surface area contributed by atoms with Crippen molar-refractivity contribution in [3.63, 3.8) is 0 Å². The molecule has 2 N–H and O–H groups in total. The smallest absolute Gasteiger partial charge is 0.259 e. The van der Waals surface area contributed by atoms with Gasteiger partial charge in [0.2, 0.25) is 0 Å². The van der Waals surface area contributed by atoms with E-state index in [0.29, 0.717) is 11.3 Å². The number of nitrogens with one attached hydrogen (secondary N) is 2. The number of H-pyrrole nitrogens is 1. The summed E-state index contributed by atoms with van der Waals surface area (Å²) in [6, 6.07) is 13.3. The standard InChI is InChI=1S/C19H19N3O2/c1-12-5-4-6-17(13(12)2)21-19(23)16-11-20-22-18(16)14-7-9-15(24-3)10-8-14/h4-11H,1-3H3,(H,20,22)(H,21,23). The van der Waals surface area contributed by atoms with Crippen LogP contribution in [0.5, 0.6) is 5.75 Å². The van der Waals surface area contributed by atoms with Crippen LogP contribution < -0.4 is 10.1 Å². The minimum absolute atomic E-state index is 0.191. The van der Waals surface area contributed by atoms with Crippen LogP contribution in [0.2, 0.25) is 0 Å². The van der Waals surface area contributed by atoms with E-state index in [1.54, 1.807) is 13.3 Å². The van der Waals surface area contributed by atoms with Gasteiger partial charge in [-0.1, -0.05) is 12.1 Å². The number of carbonyl (C=O) groups excluding carboxylic acids is 1. The molecule has 0 spiro atoms. The molecule has 0 fully saturated rings. The van der Waals surface area contributed by atoms with Crippen molar-refractivity contribution in [2.24, 2.45) is 0 Å². The number of hydrogen-bond acceptors (Lipinski definition) is 3. The molecule has 0 bridgehead atoms. The molecule has 1 amide bonds. The molecule has 2 aromatic carbocycles. The Hall–Kier alpha value is -3.08. The van der Waals surface area contributed by atoms with Crippen molar-refractivity contribution < 1.29 is 9.53 Å². The van der Waals surface area contributed by atoms with Crippen LogP contribution in [-0.2, 0) is 0 Å². The Morgan fingerprint density at radius 2 is 1.88 bits per heavy atom. The molecule has 0 atom stereocenters. The first-order chi connectivity index (χ1) is 11.6. The maximum atomic E-state index is 12.7. The average molecular weight is 321 g/mol. The number of amides is 1. The minimum atomic E-state index is -0.191. The molecular formula is C19H19N3O2. The SMILES string of the molecule is COc1ccc(-c2[nH]ncc2C(=O)Nc2cccc(C)c2C)cc1. The highest BCUT2D eigenvalue weighted by molar-refractivity contribution is 6.08. The molecule has 1 heterocycles. The van der Waals surface area contributed by atoms with E-state index >= 15 is 0 Å². The molecule has 0 aliphatic carbocycles. The van der Waals surface area contributed by atoms with Crippen molar-refractivity contribution in [3.8, 4) is 17.0 Å². The summed E-state index contributed by atoms with van der Waals surface area (Å²) in [5.41, 5.74) is 5.05. The summed E-state index contributed by atoms with van der Waals surface area (Å²) in [7, 11) is 1.62. The van der Waals surface area contributed by atoms with Crippen molar-refractivity contribution in [2.45, 2.75) is 13.8 Å². The molecule has 1 aromatic heterocycles. The van der Waals surface area contributed by atoms with Crippen molar-refractivity contribution in [3.05, 3.63) is 65.4 Å². The molecule has 0 saturated heterocycles. The summed E-state index contributed by atoms with van der Waals surface area (Å²) in [5.74, 6) is 0.572. The molecule has 122 valence electrons. The number of aromatic amines is 1. The van der Waals surface area contributed by atoms with E-state index in [4.69, 9.17) is 4.74 Å². The van der Waals surface area contributed by atoms with E-state index in [1.165, 1.54) is 0 Å². The third kappa shape index (κ3) is 3.01. The Bertz CT molecular complexity index is 867. The first-order valence-corrected chi connectivity index (χ1v) is 7.65. The zero-order valence-corrected chi connectivity index (χ0v) is 13.9. The van der Waals surface area contributed by atoms with Crippen molar-refractivity contribution in [1.82, 2.24) is 10.2 Å². The monoisotopic (exact) mass is 321 g/mol. The van der Waals surface area contributed by atoms with Gasteiger partial charge in [0.25, 0.3) is 5.91 Å². The second-order valence-electron chi connectivity index (χ2n) is 5.59. The van der Waals surface area contributed by atoms with Gasteiger partial charge < -0.3 is 10.1 Å². The van der Waals surface area contributed by atoms with Crippen LogP contribution in [0.25, 0.3) is 11.3 Å². The van der Waals surface area contributed by atoms with Crippen LogP contribution in [0.1, 0.15) is 21.5 Å². The van der Waals surface area contributed by atoms with Gasteiger partial charge in [-0.15, -0.1) is 0 Å². The van der Waals surface area contributed by atoms with E-state index in [2.05, 4.69) is 15.5 Å². The van der Waals surface area contributed by atoms with Gasteiger partial charge in [-0.25, -0.2) is 0 Å². The highest BCUT2D eigenvalue weighted by atomic mass is 16.5. The van der Waals surface area contributed by atoms with E-state index in [1.807, 2.05) is 56.3 Å². The van der Waals surface area contributed by atoms with Crippen molar-refractivity contribution in [2.75, 3.05) is 12.4 Å². The van der Waals surface area contributed by atoms with Crippen molar-refractivity contribution in [1.29, 1.82) is 0 Å². The highest BCUT2D eigenvalue weighted by Gasteiger charge is 2.16. The second-order valence-corrected chi connectivity index (χ2v) is 5.59. The lowest BCUT2D eigenvalue weighted by Gasteiger charge is -2.10. The number of aromatic nitrogens is 2. The molecular weight excluding hydrogens is 302 g/mol. The number of anilines is 1. The maximum Gasteiger partial charge on any atom is 0.259 e. The summed E-state index contributed by atoms with van der Waals surface area (Å²) in [5, 5.41) is 9.89. The van der Waals surface area contributed by atoms with Crippen LogP contribution in [0.15, 0.2) is 48.7 Å². The first kappa shape index (κ1) is 15.8. The van der Waals surface area contributed by atoms with E-state index in [-0.39, 0.29) is 5.91 Å². The van der Waals surface area contributed by atoms with Crippen LogP contribution in [0.4, 0.5) is 5.69 Å². The van der Waals surface area contributed by atoms with Gasteiger partial charge in [-0.3, -0.25) is 9.89 Å². The number of methoxy groups -OCH3 is 1. The predicted octanol–water partition coefficient (Wildman–Crippen LogP) is 3.95. The first-order valence-electron chi connectivity index (χ1n) is 7.65. The number of benzene rings is 2. The average Bonchev–Trinajstić information content (AvgIpc) is 3.09. The van der Waals surface area contributed by atoms with Gasteiger partial charge in [0, 0.05) is 11.3 Å². The zero-order chi connectivity index (χ0) is 17.1. The molecule has 24 heavy (non-hydrogen) atoms. The molecule has 0 radical (unpaired) electrons. The van der Waals surface area contributed by atoms with Gasteiger partial charge in [0.15, 0.2) is 0 Å². The van der Waals surface area contributed by atoms with Crippen LogP contribution in [-0.4, -0.2) is 23.2 Å². The summed E-state index contributed by atoms with van der Waals surface area (Å²) in [4.78, 5) is 12.7. The number of rotatable bonds is 4. The predicted molar refractivity (Wildman–Crippen MR) is 94.4 cm³/mol. The third-order valence-corrected chi connectivity index (χ3v) is 4.12. The topological polar surface area (TPSA) is 67.0 Å². The number of ether oxygens (including phenoxy) is 1. The molecule has 5 heteroatoms. The lowest BCUT2D eigenvalue weighted by atomic mass is 10.1. The summed E-state index contributed by atoms with van der Waals surface area (Å²) in [6.45, 7) is 4.01. The summed E-state index contributed by atoms with van der Waals surface area (Å²) < 4.78 is 5.16. The van der Waals surface area contributed by atoms with Gasteiger partial charge >= 0.3 is 0 Å². The van der Waals surface area contributed by atoms with E-state index in [0.717, 1.165) is 28.1 Å². The fourth-order valence-corrected chi connectivity index (χ4v) is 2.51. The van der Waals surface area contributed by atoms with Crippen LogP contribution in [0.3, 0.4) is 0 Å². The largest absolute Gasteiger partial charge is 0.497 e. The molecule has 3 rings (SSSR count). The molecule has 0 unspecified atom stereocenters. The number of aryl methyl sites for hydroxylation is 1. The Morgan fingerprint density at radius 3 is 2.58 bits per heavy atom. The van der Waals surface area contributed by atoms with Crippen LogP contribution >= 0.6 is 0 Å². The molecule has 0 aliphatic heterocycles. The Kier molecular flexibility index (Phi) is 4.33. The number of nitrogens with zero attached hydrogens (tertiary/aromatic N) is 1. The minimum Gasteiger partial charge on any atom is -0.497 e. The molecule has 0 aliphatic rings. The Labute approximate surface area is 140 Å². The summed E-state index contributed by atoms with van der Waals surface area (Å²) in [6.07, 6.45) is 1.54.